The van der Waals surface area contributed by atoms with Crippen molar-refractivity contribution in [2.45, 2.75) is 18.6 Å². The van der Waals surface area contributed by atoms with E-state index in [4.69, 9.17) is 10.2 Å². The zero-order chi connectivity index (χ0) is 14.6. The lowest BCUT2D eigenvalue weighted by Gasteiger charge is -2.14. The summed E-state index contributed by atoms with van der Waals surface area (Å²) in [5.41, 5.74) is -1.01. The van der Waals surface area contributed by atoms with Crippen molar-refractivity contribution < 1.29 is 33.0 Å². The van der Waals surface area contributed by atoms with Gasteiger partial charge in [0.25, 0.3) is 0 Å². The second kappa shape index (κ2) is 5.55. The normalized spacial score (nSPS) is 12.8. The zero-order valence-corrected chi connectivity index (χ0v) is 9.31. The highest BCUT2D eigenvalue weighted by atomic mass is 19.4. The van der Waals surface area contributed by atoms with Crippen molar-refractivity contribution in [3.63, 3.8) is 0 Å². The second-order valence-electron chi connectivity index (χ2n) is 3.56. The minimum Gasteiger partial charge on any atom is -0.481 e. The molecule has 6 nitrogen and oxygen atoms in total. The molecule has 19 heavy (non-hydrogen) atoms. The molecule has 0 saturated carbocycles. The predicted octanol–water partition coefficient (Wildman–Crippen LogP) is 1.44. The highest BCUT2D eigenvalue weighted by Gasteiger charge is 2.31. The number of carboxylic acids is 2. The van der Waals surface area contributed by atoms with E-state index in [0.717, 1.165) is 12.3 Å². The Bertz CT molecular complexity index is 490. The van der Waals surface area contributed by atoms with Gasteiger partial charge in [-0.15, -0.1) is 0 Å². The molecule has 0 aliphatic rings. The van der Waals surface area contributed by atoms with Gasteiger partial charge >= 0.3 is 18.1 Å². The Morgan fingerprint density at radius 2 is 2.00 bits per heavy atom. The first-order valence-electron chi connectivity index (χ1n) is 4.94. The Balaban J connectivity index is 2.91. The van der Waals surface area contributed by atoms with E-state index in [2.05, 4.69) is 10.3 Å². The molecule has 1 aromatic heterocycles. The number of halogens is 3. The SMILES string of the molecule is O=C(O)CC(Nc1cc(C(F)(F)F)ccn1)C(=O)O. The van der Waals surface area contributed by atoms with Crippen LogP contribution in [0.15, 0.2) is 18.3 Å². The van der Waals surface area contributed by atoms with E-state index >= 15 is 0 Å². The van der Waals surface area contributed by atoms with E-state index < -0.39 is 36.1 Å². The first-order valence-corrected chi connectivity index (χ1v) is 4.94. The molecule has 1 atom stereocenters. The summed E-state index contributed by atoms with van der Waals surface area (Å²) in [7, 11) is 0. The van der Waals surface area contributed by atoms with Crippen LogP contribution in [-0.4, -0.2) is 33.2 Å². The summed E-state index contributed by atoms with van der Waals surface area (Å²) in [5.74, 6) is -3.25. The fraction of sp³-hybridized carbons (Fsp3) is 0.300. The number of aliphatic carboxylic acids is 2. The monoisotopic (exact) mass is 278 g/mol. The Labute approximate surface area is 104 Å². The van der Waals surface area contributed by atoms with Crippen LogP contribution in [0.4, 0.5) is 19.0 Å². The minimum absolute atomic E-state index is 0.358. The fourth-order valence-electron chi connectivity index (χ4n) is 1.24. The molecule has 9 heteroatoms. The van der Waals surface area contributed by atoms with Crippen molar-refractivity contribution >= 4 is 17.8 Å². The molecule has 1 aromatic rings. The van der Waals surface area contributed by atoms with Gasteiger partial charge in [0.05, 0.1) is 12.0 Å². The highest BCUT2D eigenvalue weighted by molar-refractivity contribution is 5.83. The maximum atomic E-state index is 12.4. The van der Waals surface area contributed by atoms with Crippen LogP contribution in [0.2, 0.25) is 0 Å². The lowest BCUT2D eigenvalue weighted by molar-refractivity contribution is -0.144. The standard InChI is InChI=1S/C10H9F3N2O4/c11-10(12,13)5-1-2-14-7(3-5)15-6(9(18)19)4-8(16)17/h1-3,6H,4H2,(H,14,15)(H,16,17)(H,18,19). The third kappa shape index (κ3) is 4.45. The first-order chi connectivity index (χ1) is 8.70. The summed E-state index contributed by atoms with van der Waals surface area (Å²) in [6, 6.07) is -0.232. The van der Waals surface area contributed by atoms with E-state index in [9.17, 15) is 22.8 Å². The number of rotatable bonds is 5. The van der Waals surface area contributed by atoms with Gasteiger partial charge in [0.1, 0.15) is 11.9 Å². The Morgan fingerprint density at radius 1 is 1.37 bits per heavy atom. The van der Waals surface area contributed by atoms with Crippen LogP contribution in [-0.2, 0) is 15.8 Å². The molecule has 0 saturated heterocycles. The van der Waals surface area contributed by atoms with Gasteiger partial charge in [-0.05, 0) is 12.1 Å². The van der Waals surface area contributed by atoms with E-state index in [1.165, 1.54) is 0 Å². The van der Waals surface area contributed by atoms with Crippen LogP contribution in [0.5, 0.6) is 0 Å². The topological polar surface area (TPSA) is 99.5 Å². The van der Waals surface area contributed by atoms with Crippen LogP contribution in [0.3, 0.4) is 0 Å². The summed E-state index contributed by atoms with van der Waals surface area (Å²) >= 11 is 0. The average Bonchev–Trinajstić information content (AvgIpc) is 2.26. The molecule has 0 amide bonds. The highest BCUT2D eigenvalue weighted by Crippen LogP contribution is 2.30. The maximum Gasteiger partial charge on any atom is 0.416 e. The third-order valence-electron chi connectivity index (χ3n) is 2.09. The summed E-state index contributed by atoms with van der Waals surface area (Å²) in [6.45, 7) is 0. The quantitative estimate of drug-likeness (QED) is 0.753. The molecule has 0 spiro atoms. The molecule has 104 valence electrons. The van der Waals surface area contributed by atoms with Gasteiger partial charge in [-0.3, -0.25) is 4.79 Å². The van der Waals surface area contributed by atoms with Crippen LogP contribution >= 0.6 is 0 Å². The van der Waals surface area contributed by atoms with Crippen molar-refractivity contribution in [2.24, 2.45) is 0 Å². The summed E-state index contributed by atoms with van der Waals surface area (Å²) < 4.78 is 37.2. The smallest absolute Gasteiger partial charge is 0.416 e. The Hall–Kier alpha value is -2.32. The van der Waals surface area contributed by atoms with E-state index in [1.54, 1.807) is 0 Å². The van der Waals surface area contributed by atoms with E-state index in [0.29, 0.717) is 6.07 Å². The lowest BCUT2D eigenvalue weighted by Crippen LogP contribution is -2.32. The number of anilines is 1. The van der Waals surface area contributed by atoms with Gasteiger partial charge in [-0.2, -0.15) is 13.2 Å². The summed E-state index contributed by atoms with van der Waals surface area (Å²) in [4.78, 5) is 24.7. The molecule has 0 bridgehead atoms. The maximum absolute atomic E-state index is 12.4. The number of hydrogen-bond donors (Lipinski definition) is 3. The molecule has 1 unspecified atom stereocenters. The summed E-state index contributed by atoms with van der Waals surface area (Å²) in [5, 5.41) is 19.4. The van der Waals surface area contributed by atoms with Crippen LogP contribution < -0.4 is 5.32 Å². The fourth-order valence-corrected chi connectivity index (χ4v) is 1.24. The largest absolute Gasteiger partial charge is 0.481 e. The molecule has 0 aromatic carbocycles. The van der Waals surface area contributed by atoms with Crippen molar-refractivity contribution in [3.05, 3.63) is 23.9 Å². The van der Waals surface area contributed by atoms with Crippen LogP contribution in [0.1, 0.15) is 12.0 Å². The molecular weight excluding hydrogens is 269 g/mol. The van der Waals surface area contributed by atoms with Crippen molar-refractivity contribution in [3.8, 4) is 0 Å². The molecule has 1 rings (SSSR count). The van der Waals surface area contributed by atoms with Crippen molar-refractivity contribution in [2.75, 3.05) is 5.32 Å². The molecule has 0 aliphatic carbocycles. The average molecular weight is 278 g/mol. The number of carbonyl (C=O) groups is 2. The molecule has 1 heterocycles. The Morgan fingerprint density at radius 3 is 2.47 bits per heavy atom. The summed E-state index contributed by atoms with van der Waals surface area (Å²) in [6.07, 6.45) is -4.52. The van der Waals surface area contributed by atoms with E-state index in [1.807, 2.05) is 0 Å². The number of nitrogens with one attached hydrogen (secondary N) is 1. The van der Waals surface area contributed by atoms with E-state index in [-0.39, 0.29) is 5.82 Å². The zero-order valence-electron chi connectivity index (χ0n) is 9.31. The minimum atomic E-state index is -4.59. The van der Waals surface area contributed by atoms with Gasteiger partial charge in [0, 0.05) is 6.20 Å². The second-order valence-corrected chi connectivity index (χ2v) is 3.56. The lowest BCUT2D eigenvalue weighted by atomic mass is 10.2. The number of carboxylic acid groups (broad SMARTS) is 2. The number of pyridine rings is 1. The number of aromatic nitrogens is 1. The van der Waals surface area contributed by atoms with Gasteiger partial charge in [0.15, 0.2) is 0 Å². The van der Waals surface area contributed by atoms with Gasteiger partial charge in [-0.25, -0.2) is 9.78 Å². The third-order valence-corrected chi connectivity index (χ3v) is 2.09. The predicted molar refractivity (Wildman–Crippen MR) is 56.5 cm³/mol. The molecular formula is C10H9F3N2O4. The van der Waals surface area contributed by atoms with Crippen LogP contribution in [0, 0.1) is 0 Å². The molecule has 0 radical (unpaired) electrons. The number of nitrogens with zero attached hydrogens (tertiary/aromatic N) is 1. The molecule has 0 fully saturated rings. The molecule has 0 aliphatic heterocycles. The van der Waals surface area contributed by atoms with Crippen molar-refractivity contribution in [1.82, 2.24) is 4.98 Å². The van der Waals surface area contributed by atoms with Crippen molar-refractivity contribution in [1.29, 1.82) is 0 Å². The number of alkyl halides is 3. The van der Waals surface area contributed by atoms with Gasteiger partial charge in [0.2, 0.25) is 0 Å². The number of hydrogen-bond acceptors (Lipinski definition) is 4. The van der Waals surface area contributed by atoms with Gasteiger partial charge < -0.3 is 15.5 Å². The van der Waals surface area contributed by atoms with Crippen LogP contribution in [0.25, 0.3) is 0 Å². The molecule has 3 N–H and O–H groups in total. The first kappa shape index (κ1) is 14.7. The Kier molecular flexibility index (Phi) is 4.30. The van der Waals surface area contributed by atoms with Gasteiger partial charge in [-0.1, -0.05) is 0 Å².